The van der Waals surface area contributed by atoms with Crippen LogP contribution in [0.3, 0.4) is 0 Å². The zero-order valence-electron chi connectivity index (χ0n) is 15.4. The molecule has 0 unspecified atom stereocenters. The molecule has 0 aliphatic heterocycles. The van der Waals surface area contributed by atoms with Gasteiger partial charge in [-0.15, -0.1) is 16.8 Å². The summed E-state index contributed by atoms with van der Waals surface area (Å²) in [6, 6.07) is 7.34. The summed E-state index contributed by atoms with van der Waals surface area (Å²) < 4.78 is 3.37. The molecular weight excluding hydrogens is 362 g/mol. The van der Waals surface area contributed by atoms with Gasteiger partial charge in [0.1, 0.15) is 0 Å². The van der Waals surface area contributed by atoms with E-state index in [2.05, 4.69) is 29.0 Å². The second-order valence-corrected chi connectivity index (χ2v) is 7.13. The molecule has 1 aromatic carbocycles. The van der Waals surface area contributed by atoms with Gasteiger partial charge in [-0.05, 0) is 18.6 Å². The molecule has 3 aromatic rings. The summed E-state index contributed by atoms with van der Waals surface area (Å²) in [7, 11) is 0. The van der Waals surface area contributed by atoms with Gasteiger partial charge in [0.15, 0.2) is 5.16 Å². The van der Waals surface area contributed by atoms with Crippen molar-refractivity contribution in [3.63, 3.8) is 0 Å². The SMILES string of the molecule is C=CCn1c(=O)c2ccccc2n2c(SCC(=O)NCCCCC)nnc12. The summed E-state index contributed by atoms with van der Waals surface area (Å²) >= 11 is 1.31. The van der Waals surface area contributed by atoms with E-state index >= 15 is 0 Å². The van der Waals surface area contributed by atoms with Crippen LogP contribution >= 0.6 is 11.8 Å². The molecule has 0 bridgehead atoms. The Balaban J connectivity index is 1.90. The third-order valence-corrected chi connectivity index (χ3v) is 5.15. The van der Waals surface area contributed by atoms with Gasteiger partial charge in [-0.3, -0.25) is 18.6 Å². The lowest BCUT2D eigenvalue weighted by Gasteiger charge is -2.09. The van der Waals surface area contributed by atoms with Crippen LogP contribution in [0.15, 0.2) is 46.9 Å². The maximum Gasteiger partial charge on any atom is 0.263 e. The second-order valence-electron chi connectivity index (χ2n) is 6.19. The van der Waals surface area contributed by atoms with E-state index in [1.165, 1.54) is 16.3 Å². The lowest BCUT2D eigenvalue weighted by atomic mass is 10.2. The van der Waals surface area contributed by atoms with Crippen molar-refractivity contribution in [1.29, 1.82) is 0 Å². The number of carbonyl (C=O) groups is 1. The van der Waals surface area contributed by atoms with Crippen LogP contribution in [-0.2, 0) is 11.3 Å². The molecular formula is C19H23N5O2S. The van der Waals surface area contributed by atoms with E-state index in [9.17, 15) is 9.59 Å². The number of allylic oxidation sites excluding steroid dienone is 1. The van der Waals surface area contributed by atoms with Crippen molar-refractivity contribution in [3.8, 4) is 0 Å². The fourth-order valence-corrected chi connectivity index (χ4v) is 3.67. The number of nitrogens with zero attached hydrogens (tertiary/aromatic N) is 4. The summed E-state index contributed by atoms with van der Waals surface area (Å²) in [4.78, 5) is 24.8. The molecule has 1 amide bonds. The van der Waals surface area contributed by atoms with Gasteiger partial charge in [0.2, 0.25) is 11.7 Å². The second kappa shape index (κ2) is 8.85. The van der Waals surface area contributed by atoms with Crippen LogP contribution < -0.4 is 10.9 Å². The Hall–Kier alpha value is -2.61. The molecule has 8 heteroatoms. The number of aromatic nitrogens is 4. The number of unbranched alkanes of at least 4 members (excludes halogenated alkanes) is 2. The van der Waals surface area contributed by atoms with E-state index in [4.69, 9.17) is 0 Å². The van der Waals surface area contributed by atoms with Gasteiger partial charge < -0.3 is 5.32 Å². The number of para-hydroxylation sites is 1. The fraction of sp³-hybridized carbons (Fsp3) is 0.368. The molecule has 0 saturated heterocycles. The third kappa shape index (κ3) is 4.05. The molecule has 0 spiro atoms. The molecule has 27 heavy (non-hydrogen) atoms. The van der Waals surface area contributed by atoms with Crippen molar-refractivity contribution < 1.29 is 4.79 Å². The highest BCUT2D eigenvalue weighted by Crippen LogP contribution is 2.21. The van der Waals surface area contributed by atoms with Gasteiger partial charge in [0, 0.05) is 13.1 Å². The quantitative estimate of drug-likeness (QED) is 0.348. The number of rotatable bonds is 9. The molecule has 1 N–H and O–H groups in total. The largest absolute Gasteiger partial charge is 0.355 e. The van der Waals surface area contributed by atoms with Gasteiger partial charge in [0.05, 0.1) is 16.7 Å². The van der Waals surface area contributed by atoms with Gasteiger partial charge >= 0.3 is 0 Å². The van der Waals surface area contributed by atoms with Crippen molar-refractivity contribution in [2.45, 2.75) is 37.9 Å². The van der Waals surface area contributed by atoms with Gasteiger partial charge in [-0.1, -0.05) is 49.7 Å². The normalized spacial score (nSPS) is 11.1. The van der Waals surface area contributed by atoms with Crippen molar-refractivity contribution in [2.24, 2.45) is 0 Å². The Morgan fingerprint density at radius 1 is 1.30 bits per heavy atom. The van der Waals surface area contributed by atoms with Crippen LogP contribution in [0.2, 0.25) is 0 Å². The van der Waals surface area contributed by atoms with Crippen molar-refractivity contribution in [1.82, 2.24) is 24.5 Å². The molecule has 2 aromatic heterocycles. The molecule has 7 nitrogen and oxygen atoms in total. The number of hydrogen-bond acceptors (Lipinski definition) is 5. The third-order valence-electron chi connectivity index (χ3n) is 4.22. The van der Waals surface area contributed by atoms with Gasteiger partial charge in [-0.25, -0.2) is 0 Å². The summed E-state index contributed by atoms with van der Waals surface area (Å²) in [5.74, 6) is 0.669. The van der Waals surface area contributed by atoms with E-state index < -0.39 is 0 Å². The number of nitrogens with one attached hydrogen (secondary N) is 1. The van der Waals surface area contributed by atoms with Crippen molar-refractivity contribution >= 4 is 34.3 Å². The van der Waals surface area contributed by atoms with E-state index in [-0.39, 0.29) is 17.2 Å². The van der Waals surface area contributed by atoms with Crippen LogP contribution in [0, 0.1) is 0 Å². The van der Waals surface area contributed by atoms with Crippen molar-refractivity contribution in [3.05, 3.63) is 47.3 Å². The zero-order valence-corrected chi connectivity index (χ0v) is 16.2. The van der Waals surface area contributed by atoms with E-state index in [1.54, 1.807) is 12.1 Å². The van der Waals surface area contributed by atoms with E-state index in [0.29, 0.717) is 29.4 Å². The summed E-state index contributed by atoms with van der Waals surface area (Å²) in [6.45, 7) is 6.88. The molecule has 0 fully saturated rings. The van der Waals surface area contributed by atoms with Crippen molar-refractivity contribution in [2.75, 3.05) is 12.3 Å². The van der Waals surface area contributed by atoms with Crippen LogP contribution in [0.25, 0.3) is 16.7 Å². The molecule has 0 radical (unpaired) electrons. The fourth-order valence-electron chi connectivity index (χ4n) is 2.90. The number of amides is 1. The Labute approximate surface area is 161 Å². The number of fused-ring (bicyclic) bond motifs is 3. The lowest BCUT2D eigenvalue weighted by molar-refractivity contribution is -0.118. The highest BCUT2D eigenvalue weighted by molar-refractivity contribution is 7.99. The topological polar surface area (TPSA) is 81.3 Å². The monoisotopic (exact) mass is 385 g/mol. The first kappa shape index (κ1) is 19.2. The predicted molar refractivity (Wildman–Crippen MR) is 108 cm³/mol. The van der Waals surface area contributed by atoms with E-state index in [0.717, 1.165) is 24.8 Å². The maximum absolute atomic E-state index is 12.7. The van der Waals surface area contributed by atoms with E-state index in [1.807, 2.05) is 22.6 Å². The first-order valence-electron chi connectivity index (χ1n) is 9.04. The number of thioether (sulfide) groups is 1. The van der Waals surface area contributed by atoms with Crippen LogP contribution in [0.4, 0.5) is 0 Å². The average molecular weight is 385 g/mol. The molecule has 2 heterocycles. The molecule has 0 aliphatic rings. The summed E-state index contributed by atoms with van der Waals surface area (Å²) in [5, 5.41) is 12.5. The first-order valence-corrected chi connectivity index (χ1v) is 10.0. The first-order chi connectivity index (χ1) is 13.2. The minimum Gasteiger partial charge on any atom is -0.355 e. The minimum atomic E-state index is -0.129. The maximum atomic E-state index is 12.7. The molecule has 0 atom stereocenters. The number of hydrogen-bond donors (Lipinski definition) is 1. The molecule has 0 aliphatic carbocycles. The number of carbonyl (C=O) groups excluding carboxylic acids is 1. The smallest absolute Gasteiger partial charge is 0.263 e. The minimum absolute atomic E-state index is 0.0310. The van der Waals surface area contributed by atoms with Crippen LogP contribution in [-0.4, -0.2) is 37.4 Å². The summed E-state index contributed by atoms with van der Waals surface area (Å²) in [6.07, 6.45) is 4.87. The molecule has 142 valence electrons. The molecule has 3 rings (SSSR count). The van der Waals surface area contributed by atoms with Gasteiger partial charge in [-0.2, -0.15) is 0 Å². The number of benzene rings is 1. The Kier molecular flexibility index (Phi) is 6.28. The van der Waals surface area contributed by atoms with Crippen LogP contribution in [0.1, 0.15) is 26.2 Å². The standard InChI is InChI=1S/C19H23N5O2S/c1-3-5-8-11-20-16(25)13-27-19-22-21-18-23(12-4-2)17(26)14-9-6-7-10-15(14)24(18)19/h4,6-7,9-10H,2-3,5,8,11-13H2,1H3,(H,20,25). The van der Waals surface area contributed by atoms with Gasteiger partial charge in [0.25, 0.3) is 5.56 Å². The van der Waals surface area contributed by atoms with Crippen LogP contribution in [0.5, 0.6) is 0 Å². The molecule has 0 saturated carbocycles. The highest BCUT2D eigenvalue weighted by atomic mass is 32.2. The zero-order chi connectivity index (χ0) is 19.2. The Bertz CT molecular complexity index is 1020. The summed E-state index contributed by atoms with van der Waals surface area (Å²) in [5.41, 5.74) is 0.601. The Morgan fingerprint density at radius 3 is 2.89 bits per heavy atom. The average Bonchev–Trinajstić information content (AvgIpc) is 3.11. The predicted octanol–water partition coefficient (Wildman–Crippen LogP) is 2.63. The Morgan fingerprint density at radius 2 is 2.11 bits per heavy atom. The highest BCUT2D eigenvalue weighted by Gasteiger charge is 2.16. The lowest BCUT2D eigenvalue weighted by Crippen LogP contribution is -2.26.